The molecule has 5 nitrogen and oxygen atoms in total. The third kappa shape index (κ3) is 10.2. The molecule has 0 aromatic heterocycles. The largest absolute Gasteiger partial charge is 0.497 e. The molecular weight excluding hydrogens is 480 g/mol. The Balaban J connectivity index is 2.06. The van der Waals surface area contributed by atoms with E-state index in [4.69, 9.17) is 23.4 Å². The van der Waals surface area contributed by atoms with Crippen LogP contribution in [-0.2, 0) is 31.9 Å². The Labute approximate surface area is 226 Å². The molecule has 0 aliphatic rings. The quantitative estimate of drug-likeness (QED) is 0.165. The van der Waals surface area contributed by atoms with Crippen molar-refractivity contribution in [3.05, 3.63) is 65.7 Å². The van der Waals surface area contributed by atoms with Gasteiger partial charge in [-0.25, -0.2) is 0 Å². The summed E-state index contributed by atoms with van der Waals surface area (Å²) in [5.74, 6) is 1.17. The Morgan fingerprint density at radius 2 is 1.46 bits per heavy atom. The zero-order valence-corrected chi connectivity index (χ0v) is 25.6. The van der Waals surface area contributed by atoms with E-state index in [1.165, 1.54) is 5.56 Å². The van der Waals surface area contributed by atoms with E-state index < -0.39 is 13.9 Å². The van der Waals surface area contributed by atoms with Gasteiger partial charge in [-0.3, -0.25) is 0 Å². The fraction of sp³-hybridized carbons (Fsp3) is 0.613. The molecular formula is C31H50O5Si. The summed E-state index contributed by atoms with van der Waals surface area (Å²) in [4.78, 5) is 0. The van der Waals surface area contributed by atoms with Crippen LogP contribution in [0, 0.1) is 5.92 Å². The van der Waals surface area contributed by atoms with E-state index in [-0.39, 0.29) is 11.1 Å². The molecule has 0 heterocycles. The number of ether oxygens (including phenoxy) is 4. The maximum atomic E-state index is 6.53. The van der Waals surface area contributed by atoms with Gasteiger partial charge in [0.1, 0.15) is 5.75 Å². The fourth-order valence-corrected chi connectivity index (χ4v) is 5.24. The number of benzene rings is 2. The van der Waals surface area contributed by atoms with Crippen LogP contribution >= 0.6 is 0 Å². The van der Waals surface area contributed by atoms with Crippen LogP contribution in [0.3, 0.4) is 0 Å². The topological polar surface area (TPSA) is 46.2 Å². The van der Waals surface area contributed by atoms with Crippen molar-refractivity contribution in [2.45, 2.75) is 90.5 Å². The lowest BCUT2D eigenvalue weighted by Gasteiger charge is -2.40. The van der Waals surface area contributed by atoms with Crippen molar-refractivity contribution in [2.75, 3.05) is 27.4 Å². The fourth-order valence-electron chi connectivity index (χ4n) is 4.10. The third-order valence-electron chi connectivity index (χ3n) is 7.68. The lowest BCUT2D eigenvalue weighted by molar-refractivity contribution is -0.144. The normalized spacial score (nSPS) is 15.7. The van der Waals surface area contributed by atoms with Gasteiger partial charge in [-0.2, -0.15) is 0 Å². The molecule has 0 aliphatic carbocycles. The highest BCUT2D eigenvalue weighted by molar-refractivity contribution is 6.74. The number of methoxy groups -OCH3 is 2. The molecule has 2 aromatic rings. The first-order chi connectivity index (χ1) is 17.4. The molecule has 0 bridgehead atoms. The minimum atomic E-state index is -1.81. The summed E-state index contributed by atoms with van der Waals surface area (Å²) < 4.78 is 30.6. The Hall–Kier alpha value is -1.70. The minimum Gasteiger partial charge on any atom is -0.497 e. The second kappa shape index (κ2) is 14.5. The van der Waals surface area contributed by atoms with Gasteiger partial charge < -0.3 is 23.4 Å². The molecule has 0 spiro atoms. The van der Waals surface area contributed by atoms with Gasteiger partial charge in [0.05, 0.1) is 32.0 Å². The van der Waals surface area contributed by atoms with E-state index in [0.29, 0.717) is 25.7 Å². The van der Waals surface area contributed by atoms with Gasteiger partial charge in [0.2, 0.25) is 0 Å². The van der Waals surface area contributed by atoms with E-state index in [0.717, 1.165) is 30.8 Å². The van der Waals surface area contributed by atoms with Crippen LogP contribution in [-0.4, -0.2) is 47.5 Å². The Bertz CT molecular complexity index is 894. The predicted octanol–water partition coefficient (Wildman–Crippen LogP) is 7.64. The third-order valence-corrected chi connectivity index (χ3v) is 12.2. The maximum Gasteiger partial charge on any atom is 0.191 e. The van der Waals surface area contributed by atoms with Crippen LogP contribution in [0.15, 0.2) is 54.6 Å². The Morgan fingerprint density at radius 3 is 2.03 bits per heavy atom. The molecule has 2 rings (SSSR count). The van der Waals surface area contributed by atoms with Crippen LogP contribution in [0.5, 0.6) is 5.75 Å². The molecule has 0 amide bonds. The van der Waals surface area contributed by atoms with Gasteiger partial charge in [-0.15, -0.1) is 0 Å². The first kappa shape index (κ1) is 31.5. The number of hydrogen-bond donors (Lipinski definition) is 0. The summed E-state index contributed by atoms with van der Waals surface area (Å²) in [5, 5.41) is 0.192. The van der Waals surface area contributed by atoms with Crippen molar-refractivity contribution in [3.8, 4) is 5.75 Å². The standard InChI is InChI=1S/C31H50O5Si/c1-25(22-36-37(8,9)30(2,3)4)21-31(5,33-7)29(19-20-34-23-26-13-11-10-12-14-26)35-24-27-15-17-28(32-6)18-16-27/h10-18,25,29H,19-24H2,1-9H3/t25-,29-,31-/m1/s1. The first-order valence-corrected chi connectivity index (χ1v) is 16.4. The summed E-state index contributed by atoms with van der Waals surface area (Å²) in [5.41, 5.74) is 1.80. The molecule has 0 unspecified atom stereocenters. The van der Waals surface area contributed by atoms with Crippen molar-refractivity contribution in [1.29, 1.82) is 0 Å². The van der Waals surface area contributed by atoms with Crippen LogP contribution < -0.4 is 4.74 Å². The number of rotatable bonds is 16. The van der Waals surface area contributed by atoms with E-state index in [1.54, 1.807) is 14.2 Å². The van der Waals surface area contributed by atoms with Gasteiger partial charge in [0.15, 0.2) is 8.32 Å². The minimum absolute atomic E-state index is 0.134. The molecule has 37 heavy (non-hydrogen) atoms. The van der Waals surface area contributed by atoms with E-state index in [1.807, 2.05) is 42.5 Å². The van der Waals surface area contributed by atoms with Crippen molar-refractivity contribution in [3.63, 3.8) is 0 Å². The molecule has 0 saturated carbocycles. The molecule has 0 fully saturated rings. The van der Waals surface area contributed by atoms with E-state index in [9.17, 15) is 0 Å². The summed E-state index contributed by atoms with van der Waals surface area (Å²) in [6.45, 7) is 18.3. The Kier molecular flexibility index (Phi) is 12.3. The average molecular weight is 531 g/mol. The first-order valence-electron chi connectivity index (χ1n) is 13.5. The van der Waals surface area contributed by atoms with E-state index in [2.05, 4.69) is 59.8 Å². The van der Waals surface area contributed by atoms with Gasteiger partial charge in [-0.05, 0) is 67.1 Å². The molecule has 208 valence electrons. The van der Waals surface area contributed by atoms with Gasteiger partial charge in [0, 0.05) is 20.3 Å². The highest BCUT2D eigenvalue weighted by Crippen LogP contribution is 2.37. The van der Waals surface area contributed by atoms with Gasteiger partial charge >= 0.3 is 0 Å². The smallest absolute Gasteiger partial charge is 0.191 e. The monoisotopic (exact) mass is 530 g/mol. The highest BCUT2D eigenvalue weighted by atomic mass is 28.4. The molecule has 0 radical (unpaired) electrons. The van der Waals surface area contributed by atoms with Crippen molar-refractivity contribution >= 4 is 8.32 Å². The zero-order valence-electron chi connectivity index (χ0n) is 24.6. The average Bonchev–Trinajstić information content (AvgIpc) is 2.87. The summed E-state index contributed by atoms with van der Waals surface area (Å²) in [7, 11) is 1.66. The van der Waals surface area contributed by atoms with Crippen molar-refractivity contribution in [2.24, 2.45) is 5.92 Å². The second-order valence-electron chi connectivity index (χ2n) is 11.9. The Morgan fingerprint density at radius 1 is 0.838 bits per heavy atom. The number of hydrogen-bond acceptors (Lipinski definition) is 5. The summed E-state index contributed by atoms with van der Waals surface area (Å²) >= 11 is 0. The molecule has 3 atom stereocenters. The van der Waals surface area contributed by atoms with E-state index >= 15 is 0 Å². The molecule has 0 N–H and O–H groups in total. The predicted molar refractivity (Wildman–Crippen MR) is 155 cm³/mol. The maximum absolute atomic E-state index is 6.53. The second-order valence-corrected chi connectivity index (χ2v) is 16.7. The van der Waals surface area contributed by atoms with Crippen molar-refractivity contribution < 1.29 is 23.4 Å². The van der Waals surface area contributed by atoms with Gasteiger partial charge in [-0.1, -0.05) is 70.2 Å². The molecule has 6 heteroatoms. The lowest BCUT2D eigenvalue weighted by atomic mass is 9.86. The molecule has 0 saturated heterocycles. The molecule has 2 aromatic carbocycles. The summed E-state index contributed by atoms with van der Waals surface area (Å²) in [6.07, 6.45) is 1.44. The lowest BCUT2D eigenvalue weighted by Crippen LogP contribution is -2.46. The van der Waals surface area contributed by atoms with Crippen LogP contribution in [0.2, 0.25) is 18.1 Å². The zero-order chi connectivity index (χ0) is 27.5. The van der Waals surface area contributed by atoms with Gasteiger partial charge in [0.25, 0.3) is 0 Å². The van der Waals surface area contributed by atoms with Crippen LogP contribution in [0.4, 0.5) is 0 Å². The summed E-state index contributed by atoms with van der Waals surface area (Å²) in [6, 6.07) is 18.3. The highest BCUT2D eigenvalue weighted by Gasteiger charge is 2.40. The SMILES string of the molecule is COc1ccc(CO[C@H](CCOCc2ccccc2)[C@@](C)(C[C@@H](C)CO[Si](C)(C)C(C)(C)C)OC)cc1. The van der Waals surface area contributed by atoms with Crippen molar-refractivity contribution in [1.82, 2.24) is 0 Å². The molecule has 0 aliphatic heterocycles. The van der Waals surface area contributed by atoms with Crippen LogP contribution in [0.1, 0.15) is 58.6 Å². The van der Waals surface area contributed by atoms with Crippen LogP contribution in [0.25, 0.3) is 0 Å².